The molecule has 0 aromatic rings. The van der Waals surface area contributed by atoms with E-state index in [0.717, 1.165) is 32.6 Å². The Labute approximate surface area is 109 Å². The maximum Gasteiger partial charge on any atom is 0.239 e. The van der Waals surface area contributed by atoms with Crippen molar-refractivity contribution in [3.8, 4) is 0 Å². The fourth-order valence-electron chi connectivity index (χ4n) is 2.80. The normalized spacial score (nSPS) is 30.8. The molecule has 2 atom stereocenters. The molecule has 0 aromatic carbocycles. The molecular formula is C13H25N3O2. The number of hydrogen-bond donors (Lipinski definition) is 2. The van der Waals surface area contributed by atoms with Gasteiger partial charge in [-0.15, -0.1) is 0 Å². The van der Waals surface area contributed by atoms with Crippen molar-refractivity contribution < 1.29 is 9.90 Å². The SMILES string of the molecule is CC(C)N1CCCN(C(=O)[C@@H]2C[C@@H](O)CN2)CC1. The summed E-state index contributed by atoms with van der Waals surface area (Å²) in [6.45, 7) is 8.63. The third-order valence-electron chi connectivity index (χ3n) is 3.98. The molecule has 0 spiro atoms. The molecule has 2 aliphatic rings. The Morgan fingerprint density at radius 2 is 2.06 bits per heavy atom. The number of amides is 1. The van der Waals surface area contributed by atoms with E-state index in [1.54, 1.807) is 0 Å². The summed E-state index contributed by atoms with van der Waals surface area (Å²) < 4.78 is 0. The van der Waals surface area contributed by atoms with E-state index in [0.29, 0.717) is 19.0 Å². The van der Waals surface area contributed by atoms with Gasteiger partial charge in [-0.05, 0) is 26.7 Å². The molecule has 18 heavy (non-hydrogen) atoms. The minimum atomic E-state index is -0.363. The first-order valence-electron chi connectivity index (χ1n) is 7.02. The number of aliphatic hydroxyl groups is 1. The Kier molecular flexibility index (Phi) is 4.59. The zero-order valence-electron chi connectivity index (χ0n) is 11.4. The van der Waals surface area contributed by atoms with Gasteiger partial charge in [0, 0.05) is 38.8 Å². The lowest BCUT2D eigenvalue weighted by Gasteiger charge is -2.26. The first-order chi connectivity index (χ1) is 8.58. The summed E-state index contributed by atoms with van der Waals surface area (Å²) in [5, 5.41) is 12.6. The van der Waals surface area contributed by atoms with E-state index in [1.165, 1.54) is 0 Å². The van der Waals surface area contributed by atoms with Crippen LogP contribution in [-0.4, -0.2) is 71.7 Å². The molecule has 0 radical (unpaired) electrons. The highest BCUT2D eigenvalue weighted by Crippen LogP contribution is 2.12. The number of carbonyl (C=O) groups excluding carboxylic acids is 1. The van der Waals surface area contributed by atoms with Crippen molar-refractivity contribution >= 4 is 5.91 Å². The van der Waals surface area contributed by atoms with Crippen LogP contribution in [0.4, 0.5) is 0 Å². The van der Waals surface area contributed by atoms with Crippen LogP contribution in [0.5, 0.6) is 0 Å². The summed E-state index contributed by atoms with van der Waals surface area (Å²) in [7, 11) is 0. The average molecular weight is 255 g/mol. The number of carbonyl (C=O) groups is 1. The Balaban J connectivity index is 1.87. The van der Waals surface area contributed by atoms with Crippen molar-refractivity contribution in [2.24, 2.45) is 0 Å². The maximum atomic E-state index is 12.3. The maximum absolute atomic E-state index is 12.3. The number of nitrogens with one attached hydrogen (secondary N) is 1. The Bertz CT molecular complexity index is 296. The van der Waals surface area contributed by atoms with E-state index < -0.39 is 0 Å². The van der Waals surface area contributed by atoms with Crippen molar-refractivity contribution in [1.82, 2.24) is 15.1 Å². The second kappa shape index (κ2) is 5.99. The standard InChI is InChI=1S/C13H25N3O2/c1-10(2)15-4-3-5-16(7-6-15)13(18)12-8-11(17)9-14-12/h10-12,14,17H,3-9H2,1-2H3/t11-,12+/m1/s1. The Morgan fingerprint density at radius 1 is 1.28 bits per heavy atom. The predicted octanol–water partition coefficient (Wildman–Crippen LogP) is -0.348. The van der Waals surface area contributed by atoms with Crippen molar-refractivity contribution in [2.75, 3.05) is 32.7 Å². The highest BCUT2D eigenvalue weighted by Gasteiger charge is 2.32. The van der Waals surface area contributed by atoms with E-state index in [1.807, 2.05) is 4.90 Å². The molecule has 0 aromatic heterocycles. The zero-order valence-corrected chi connectivity index (χ0v) is 11.4. The molecule has 0 saturated carbocycles. The quantitative estimate of drug-likeness (QED) is 0.708. The van der Waals surface area contributed by atoms with Crippen LogP contribution in [0.1, 0.15) is 26.7 Å². The molecule has 2 N–H and O–H groups in total. The molecule has 2 heterocycles. The molecule has 2 fully saturated rings. The van der Waals surface area contributed by atoms with Gasteiger partial charge in [0.1, 0.15) is 0 Å². The van der Waals surface area contributed by atoms with Crippen LogP contribution in [0.25, 0.3) is 0 Å². The lowest BCUT2D eigenvalue weighted by atomic mass is 10.2. The van der Waals surface area contributed by atoms with Crippen molar-refractivity contribution in [2.45, 2.75) is 44.9 Å². The molecule has 0 bridgehead atoms. The van der Waals surface area contributed by atoms with Gasteiger partial charge in [0.15, 0.2) is 0 Å². The summed E-state index contributed by atoms with van der Waals surface area (Å²) in [5.41, 5.74) is 0. The lowest BCUT2D eigenvalue weighted by molar-refractivity contribution is -0.133. The van der Waals surface area contributed by atoms with Gasteiger partial charge in [-0.3, -0.25) is 9.69 Å². The highest BCUT2D eigenvalue weighted by molar-refractivity contribution is 5.82. The number of nitrogens with zero attached hydrogens (tertiary/aromatic N) is 2. The Morgan fingerprint density at radius 3 is 2.67 bits per heavy atom. The van der Waals surface area contributed by atoms with E-state index in [2.05, 4.69) is 24.1 Å². The van der Waals surface area contributed by atoms with Crippen LogP contribution < -0.4 is 5.32 Å². The molecular weight excluding hydrogens is 230 g/mol. The van der Waals surface area contributed by atoms with E-state index in [9.17, 15) is 9.90 Å². The number of aliphatic hydroxyl groups excluding tert-OH is 1. The van der Waals surface area contributed by atoms with Gasteiger partial charge in [-0.2, -0.15) is 0 Å². The van der Waals surface area contributed by atoms with Crippen LogP contribution in [0, 0.1) is 0 Å². The molecule has 1 amide bonds. The second-order valence-corrected chi connectivity index (χ2v) is 5.66. The average Bonchev–Trinajstić information content (AvgIpc) is 2.63. The van der Waals surface area contributed by atoms with Gasteiger partial charge in [0.2, 0.25) is 5.91 Å². The van der Waals surface area contributed by atoms with Crippen LogP contribution in [0.3, 0.4) is 0 Å². The lowest BCUT2D eigenvalue weighted by Crippen LogP contribution is -2.45. The monoisotopic (exact) mass is 255 g/mol. The number of β-amino-alcohol motifs (C(OH)–C–C–N with tert-alkyl or cyclic N) is 1. The minimum Gasteiger partial charge on any atom is -0.392 e. The van der Waals surface area contributed by atoms with E-state index in [4.69, 9.17) is 0 Å². The number of hydrogen-bond acceptors (Lipinski definition) is 4. The van der Waals surface area contributed by atoms with E-state index >= 15 is 0 Å². The molecule has 2 saturated heterocycles. The van der Waals surface area contributed by atoms with Gasteiger partial charge in [-0.25, -0.2) is 0 Å². The molecule has 2 aliphatic heterocycles. The van der Waals surface area contributed by atoms with Crippen LogP contribution in [0.2, 0.25) is 0 Å². The fraction of sp³-hybridized carbons (Fsp3) is 0.923. The minimum absolute atomic E-state index is 0.164. The smallest absolute Gasteiger partial charge is 0.239 e. The van der Waals surface area contributed by atoms with Crippen LogP contribution in [-0.2, 0) is 4.79 Å². The third kappa shape index (κ3) is 3.22. The van der Waals surface area contributed by atoms with Gasteiger partial charge in [0.05, 0.1) is 12.1 Å². The summed E-state index contributed by atoms with van der Waals surface area (Å²) in [5.74, 6) is 0.164. The summed E-state index contributed by atoms with van der Waals surface area (Å²) in [6, 6.07) is 0.372. The second-order valence-electron chi connectivity index (χ2n) is 5.66. The highest BCUT2D eigenvalue weighted by atomic mass is 16.3. The van der Waals surface area contributed by atoms with Crippen molar-refractivity contribution in [1.29, 1.82) is 0 Å². The van der Waals surface area contributed by atoms with Crippen LogP contribution in [0.15, 0.2) is 0 Å². The third-order valence-corrected chi connectivity index (χ3v) is 3.98. The molecule has 0 aliphatic carbocycles. The summed E-state index contributed by atoms with van der Waals surface area (Å²) >= 11 is 0. The summed E-state index contributed by atoms with van der Waals surface area (Å²) in [6.07, 6.45) is 1.24. The van der Waals surface area contributed by atoms with Gasteiger partial charge < -0.3 is 15.3 Å². The van der Waals surface area contributed by atoms with Crippen molar-refractivity contribution in [3.05, 3.63) is 0 Å². The van der Waals surface area contributed by atoms with Gasteiger partial charge >= 0.3 is 0 Å². The Hall–Kier alpha value is -0.650. The van der Waals surface area contributed by atoms with Crippen LogP contribution >= 0.6 is 0 Å². The molecule has 5 nitrogen and oxygen atoms in total. The first-order valence-corrected chi connectivity index (χ1v) is 7.02. The summed E-state index contributed by atoms with van der Waals surface area (Å²) in [4.78, 5) is 16.7. The first kappa shape index (κ1) is 13.8. The van der Waals surface area contributed by atoms with Gasteiger partial charge in [0.25, 0.3) is 0 Å². The topological polar surface area (TPSA) is 55.8 Å². The molecule has 2 rings (SSSR count). The van der Waals surface area contributed by atoms with Crippen molar-refractivity contribution in [3.63, 3.8) is 0 Å². The molecule has 0 unspecified atom stereocenters. The van der Waals surface area contributed by atoms with E-state index in [-0.39, 0.29) is 18.1 Å². The largest absolute Gasteiger partial charge is 0.392 e. The molecule has 5 heteroatoms. The fourth-order valence-corrected chi connectivity index (χ4v) is 2.80. The van der Waals surface area contributed by atoms with Gasteiger partial charge in [-0.1, -0.05) is 0 Å². The number of rotatable bonds is 2. The molecule has 104 valence electrons. The zero-order chi connectivity index (χ0) is 13.1. The predicted molar refractivity (Wildman–Crippen MR) is 70.3 cm³/mol.